The molecule has 0 fully saturated rings. The minimum Gasteiger partial charge on any atom is -0.484 e. The third-order valence-electron chi connectivity index (χ3n) is 3.49. The lowest BCUT2D eigenvalue weighted by Crippen LogP contribution is -2.32. The lowest BCUT2D eigenvalue weighted by Gasteiger charge is -2.29. The van der Waals surface area contributed by atoms with Gasteiger partial charge in [0.05, 0.1) is 12.8 Å². The van der Waals surface area contributed by atoms with Crippen LogP contribution >= 0.6 is 12.4 Å². The van der Waals surface area contributed by atoms with E-state index in [0.717, 1.165) is 24.6 Å². The molecule has 0 saturated heterocycles. The second-order valence-corrected chi connectivity index (χ2v) is 5.43. The maximum absolute atomic E-state index is 6.17. The monoisotopic (exact) mass is 293 g/mol. The van der Waals surface area contributed by atoms with Crippen molar-refractivity contribution in [2.24, 2.45) is 0 Å². The molecule has 3 nitrogen and oxygen atoms in total. The van der Waals surface area contributed by atoms with E-state index >= 15 is 0 Å². The van der Waals surface area contributed by atoms with Crippen LogP contribution in [-0.2, 0) is 6.54 Å². The first-order valence-corrected chi connectivity index (χ1v) is 6.61. The number of nitrogens with zero attached hydrogens (tertiary/aromatic N) is 1. The van der Waals surface area contributed by atoms with E-state index < -0.39 is 0 Å². The molecule has 0 saturated carbocycles. The van der Waals surface area contributed by atoms with Gasteiger partial charge < -0.3 is 9.15 Å². The summed E-state index contributed by atoms with van der Waals surface area (Å²) in [5.74, 6) is 1.95. The van der Waals surface area contributed by atoms with Crippen molar-refractivity contribution in [3.63, 3.8) is 0 Å². The van der Waals surface area contributed by atoms with Gasteiger partial charge in [-0.15, -0.1) is 12.4 Å². The molecule has 20 heavy (non-hydrogen) atoms. The molecule has 1 atom stereocenters. The first kappa shape index (κ1) is 14.9. The highest BCUT2D eigenvalue weighted by Gasteiger charge is 2.27. The molecule has 2 aromatic rings. The summed E-state index contributed by atoms with van der Waals surface area (Å²) in [6.07, 6.45) is 1.80. The fourth-order valence-electron chi connectivity index (χ4n) is 2.72. The maximum Gasteiger partial charge on any atom is 0.140 e. The van der Waals surface area contributed by atoms with E-state index in [1.807, 2.05) is 6.07 Å². The zero-order chi connectivity index (χ0) is 13.4. The Labute approximate surface area is 125 Å². The van der Waals surface area contributed by atoms with Crippen LogP contribution in [-0.4, -0.2) is 18.5 Å². The van der Waals surface area contributed by atoms with E-state index in [9.17, 15) is 0 Å². The zero-order valence-electron chi connectivity index (χ0n) is 12.1. The van der Waals surface area contributed by atoms with E-state index in [1.54, 1.807) is 6.26 Å². The Bertz CT molecular complexity index is 574. The van der Waals surface area contributed by atoms with Crippen molar-refractivity contribution in [2.45, 2.75) is 26.5 Å². The topological polar surface area (TPSA) is 25.6 Å². The molecular weight excluding hydrogens is 274 g/mol. The number of aryl methyl sites for hydroxylation is 2. The van der Waals surface area contributed by atoms with Crippen molar-refractivity contribution in [3.8, 4) is 5.75 Å². The Morgan fingerprint density at radius 1 is 1.20 bits per heavy atom. The van der Waals surface area contributed by atoms with Crippen molar-refractivity contribution in [2.75, 3.05) is 13.6 Å². The Morgan fingerprint density at radius 2 is 1.90 bits per heavy atom. The molecule has 1 unspecified atom stereocenters. The first-order valence-electron chi connectivity index (χ1n) is 6.61. The SMILES string of the molecule is Cc1cc(C)cc(OC2CN(C)Cc3occc32)c1.Cl. The summed E-state index contributed by atoms with van der Waals surface area (Å²) >= 11 is 0. The minimum atomic E-state index is 0. The van der Waals surface area contributed by atoms with Gasteiger partial charge in [0, 0.05) is 12.1 Å². The highest BCUT2D eigenvalue weighted by Crippen LogP contribution is 2.31. The average molecular weight is 294 g/mol. The number of hydrogen-bond acceptors (Lipinski definition) is 3. The van der Waals surface area contributed by atoms with Gasteiger partial charge in [-0.1, -0.05) is 6.07 Å². The summed E-state index contributed by atoms with van der Waals surface area (Å²) in [6, 6.07) is 8.35. The third kappa shape index (κ3) is 3.00. The largest absolute Gasteiger partial charge is 0.484 e. The van der Waals surface area contributed by atoms with Gasteiger partial charge in [-0.2, -0.15) is 0 Å². The summed E-state index contributed by atoms with van der Waals surface area (Å²) in [5, 5.41) is 0. The van der Waals surface area contributed by atoms with Gasteiger partial charge in [0.2, 0.25) is 0 Å². The molecule has 0 amide bonds. The van der Waals surface area contributed by atoms with Gasteiger partial charge in [-0.3, -0.25) is 4.90 Å². The number of ether oxygens (including phenoxy) is 1. The fraction of sp³-hybridized carbons (Fsp3) is 0.375. The second-order valence-electron chi connectivity index (χ2n) is 5.43. The second kappa shape index (κ2) is 5.90. The molecule has 2 heterocycles. The van der Waals surface area contributed by atoms with Crippen LogP contribution in [0.2, 0.25) is 0 Å². The summed E-state index contributed by atoms with van der Waals surface area (Å²) < 4.78 is 11.7. The predicted molar refractivity (Wildman–Crippen MR) is 81.6 cm³/mol. The molecule has 0 radical (unpaired) electrons. The Hall–Kier alpha value is -1.45. The van der Waals surface area contributed by atoms with E-state index in [1.165, 1.54) is 16.7 Å². The Balaban J connectivity index is 0.00000147. The van der Waals surface area contributed by atoms with Crippen LogP contribution in [0.3, 0.4) is 0 Å². The summed E-state index contributed by atoms with van der Waals surface area (Å²) in [7, 11) is 2.09. The van der Waals surface area contributed by atoms with Crippen LogP contribution in [0, 0.1) is 13.8 Å². The van der Waals surface area contributed by atoms with Gasteiger partial charge in [0.1, 0.15) is 17.6 Å². The molecule has 0 N–H and O–H groups in total. The van der Waals surface area contributed by atoms with Crippen LogP contribution in [0.4, 0.5) is 0 Å². The summed E-state index contributed by atoms with van der Waals surface area (Å²) in [4.78, 5) is 2.22. The molecule has 0 aliphatic carbocycles. The molecule has 3 rings (SSSR count). The number of benzene rings is 1. The Kier molecular flexibility index (Phi) is 4.41. The zero-order valence-corrected chi connectivity index (χ0v) is 12.9. The summed E-state index contributed by atoms with van der Waals surface area (Å²) in [5.41, 5.74) is 3.63. The van der Waals surface area contributed by atoms with Crippen LogP contribution in [0.5, 0.6) is 5.75 Å². The predicted octanol–water partition coefficient (Wildman–Crippen LogP) is 3.88. The normalized spacial score (nSPS) is 18.2. The lowest BCUT2D eigenvalue weighted by atomic mass is 10.1. The van der Waals surface area contributed by atoms with E-state index in [0.29, 0.717) is 0 Å². The van der Waals surface area contributed by atoms with Gasteiger partial charge in [0.25, 0.3) is 0 Å². The maximum atomic E-state index is 6.17. The number of hydrogen-bond donors (Lipinski definition) is 0. The number of furan rings is 1. The van der Waals surface area contributed by atoms with E-state index in [2.05, 4.69) is 44.0 Å². The molecule has 1 aliphatic rings. The standard InChI is InChI=1S/C16H19NO2.ClH/c1-11-6-12(2)8-13(7-11)19-16-10-17(3)9-15-14(16)4-5-18-15;/h4-8,16H,9-10H2,1-3H3;1H. The van der Waals surface area contributed by atoms with Gasteiger partial charge in [0.15, 0.2) is 0 Å². The fourth-order valence-corrected chi connectivity index (χ4v) is 2.72. The van der Waals surface area contributed by atoms with Gasteiger partial charge >= 0.3 is 0 Å². The summed E-state index contributed by atoms with van der Waals surface area (Å²) in [6.45, 7) is 5.93. The van der Waals surface area contributed by atoms with Crippen LogP contribution in [0.25, 0.3) is 0 Å². The average Bonchev–Trinajstić information content (AvgIpc) is 2.75. The molecule has 4 heteroatoms. The van der Waals surface area contributed by atoms with E-state index in [-0.39, 0.29) is 18.5 Å². The van der Waals surface area contributed by atoms with Crippen molar-refractivity contribution in [1.82, 2.24) is 4.90 Å². The first-order chi connectivity index (χ1) is 9.11. The molecule has 0 bridgehead atoms. The number of fused-ring (bicyclic) bond motifs is 1. The molecule has 108 valence electrons. The highest BCUT2D eigenvalue weighted by atomic mass is 35.5. The number of likely N-dealkylation sites (N-methyl/N-ethyl adjacent to an activating group) is 1. The van der Waals surface area contributed by atoms with Crippen LogP contribution in [0.1, 0.15) is 28.6 Å². The lowest BCUT2D eigenvalue weighted by molar-refractivity contribution is 0.120. The minimum absolute atomic E-state index is 0. The van der Waals surface area contributed by atoms with Crippen LogP contribution in [0.15, 0.2) is 34.9 Å². The highest BCUT2D eigenvalue weighted by molar-refractivity contribution is 5.85. The smallest absolute Gasteiger partial charge is 0.140 e. The molecule has 1 aromatic heterocycles. The third-order valence-corrected chi connectivity index (χ3v) is 3.49. The molecule has 1 aliphatic heterocycles. The van der Waals surface area contributed by atoms with E-state index in [4.69, 9.17) is 9.15 Å². The number of rotatable bonds is 2. The quantitative estimate of drug-likeness (QED) is 0.840. The molecule has 1 aromatic carbocycles. The van der Waals surface area contributed by atoms with Gasteiger partial charge in [-0.05, 0) is 50.2 Å². The molecule has 0 spiro atoms. The van der Waals surface area contributed by atoms with Crippen molar-refractivity contribution >= 4 is 12.4 Å². The van der Waals surface area contributed by atoms with Crippen molar-refractivity contribution < 1.29 is 9.15 Å². The molecular formula is C16H20ClNO2. The van der Waals surface area contributed by atoms with Crippen molar-refractivity contribution in [1.29, 1.82) is 0 Å². The van der Waals surface area contributed by atoms with Crippen molar-refractivity contribution in [3.05, 3.63) is 53.0 Å². The number of halogens is 1. The van der Waals surface area contributed by atoms with Crippen LogP contribution < -0.4 is 4.74 Å². The Morgan fingerprint density at radius 3 is 2.60 bits per heavy atom. The van der Waals surface area contributed by atoms with Gasteiger partial charge in [-0.25, -0.2) is 0 Å².